The number of amides is 3. The molecule has 2 saturated heterocycles. The minimum Gasteiger partial charge on any atom is -0.343 e. The summed E-state index contributed by atoms with van der Waals surface area (Å²) in [6.07, 6.45) is 2.51. The molecule has 9 heteroatoms. The molecule has 112 valence electrons. The lowest BCUT2D eigenvalue weighted by Gasteiger charge is -2.26. The molecule has 0 aromatic heterocycles. The van der Waals surface area contributed by atoms with Crippen molar-refractivity contribution in [1.82, 2.24) is 14.9 Å². The second-order valence-electron chi connectivity index (χ2n) is 5.04. The Labute approximate surface area is 116 Å². The van der Waals surface area contributed by atoms with Gasteiger partial charge in [-0.3, -0.25) is 19.7 Å². The van der Waals surface area contributed by atoms with Crippen LogP contribution in [0.5, 0.6) is 0 Å². The minimum atomic E-state index is -3.44. The van der Waals surface area contributed by atoms with E-state index in [1.54, 1.807) is 0 Å². The fraction of sp³-hybridized carbons (Fsp3) is 0.727. The summed E-state index contributed by atoms with van der Waals surface area (Å²) in [7, 11) is -3.44. The minimum absolute atomic E-state index is 0.164. The number of rotatable bonds is 3. The van der Waals surface area contributed by atoms with Crippen LogP contribution in [-0.4, -0.2) is 55.3 Å². The SMILES string of the molecule is CS(=O)(=O)N1CCCC1C(=O)NC1CCC(=O)NC1=O. The summed E-state index contributed by atoms with van der Waals surface area (Å²) in [6.45, 7) is 0.312. The molecule has 20 heavy (non-hydrogen) atoms. The Bertz CT molecular complexity index is 544. The number of piperidine rings is 1. The molecule has 2 atom stereocenters. The quantitative estimate of drug-likeness (QED) is 0.605. The molecule has 0 aromatic rings. The molecule has 0 aliphatic carbocycles. The summed E-state index contributed by atoms with van der Waals surface area (Å²) in [5.41, 5.74) is 0. The van der Waals surface area contributed by atoms with E-state index in [1.807, 2.05) is 0 Å². The number of carbonyl (C=O) groups excluding carboxylic acids is 3. The number of sulfonamides is 1. The van der Waals surface area contributed by atoms with Crippen LogP contribution in [-0.2, 0) is 24.4 Å². The van der Waals surface area contributed by atoms with Crippen LogP contribution in [0.2, 0.25) is 0 Å². The van der Waals surface area contributed by atoms with Crippen LogP contribution in [0.15, 0.2) is 0 Å². The van der Waals surface area contributed by atoms with Crippen molar-refractivity contribution in [2.75, 3.05) is 12.8 Å². The summed E-state index contributed by atoms with van der Waals surface area (Å²) in [4.78, 5) is 34.7. The predicted molar refractivity (Wildman–Crippen MR) is 68.9 cm³/mol. The Morgan fingerprint density at radius 1 is 1.35 bits per heavy atom. The lowest BCUT2D eigenvalue weighted by Crippen LogP contribution is -2.56. The van der Waals surface area contributed by atoms with E-state index in [4.69, 9.17) is 0 Å². The number of hydrogen-bond donors (Lipinski definition) is 2. The van der Waals surface area contributed by atoms with Gasteiger partial charge in [-0.2, -0.15) is 4.31 Å². The molecule has 0 bridgehead atoms. The lowest BCUT2D eigenvalue weighted by atomic mass is 10.1. The average molecular weight is 303 g/mol. The molecular weight excluding hydrogens is 286 g/mol. The number of hydrogen-bond acceptors (Lipinski definition) is 5. The van der Waals surface area contributed by atoms with E-state index in [9.17, 15) is 22.8 Å². The zero-order valence-electron chi connectivity index (χ0n) is 11.1. The molecule has 2 N–H and O–H groups in total. The first kappa shape index (κ1) is 14.9. The average Bonchev–Trinajstić information content (AvgIpc) is 2.81. The van der Waals surface area contributed by atoms with Gasteiger partial charge < -0.3 is 5.32 Å². The van der Waals surface area contributed by atoms with Crippen molar-refractivity contribution in [2.24, 2.45) is 0 Å². The van der Waals surface area contributed by atoms with Gasteiger partial charge in [0.05, 0.1) is 6.26 Å². The van der Waals surface area contributed by atoms with Crippen molar-refractivity contribution in [1.29, 1.82) is 0 Å². The highest BCUT2D eigenvalue weighted by atomic mass is 32.2. The van der Waals surface area contributed by atoms with Crippen LogP contribution < -0.4 is 10.6 Å². The van der Waals surface area contributed by atoms with E-state index in [1.165, 1.54) is 0 Å². The molecule has 2 fully saturated rings. The summed E-state index contributed by atoms with van der Waals surface area (Å²) in [5.74, 6) is -1.39. The maximum atomic E-state index is 12.1. The van der Waals surface area contributed by atoms with Gasteiger partial charge in [0.2, 0.25) is 27.7 Å². The van der Waals surface area contributed by atoms with Crippen molar-refractivity contribution >= 4 is 27.7 Å². The second kappa shape index (κ2) is 5.49. The second-order valence-corrected chi connectivity index (χ2v) is 6.98. The van der Waals surface area contributed by atoms with Crippen molar-refractivity contribution < 1.29 is 22.8 Å². The first-order valence-corrected chi connectivity index (χ1v) is 8.25. The molecular formula is C11H17N3O5S. The van der Waals surface area contributed by atoms with Crippen molar-refractivity contribution in [3.8, 4) is 0 Å². The molecule has 0 aromatic carbocycles. The molecule has 2 heterocycles. The van der Waals surface area contributed by atoms with Gasteiger partial charge in [0.1, 0.15) is 12.1 Å². The third kappa shape index (κ3) is 3.15. The van der Waals surface area contributed by atoms with E-state index in [0.29, 0.717) is 19.4 Å². The Morgan fingerprint density at radius 3 is 2.65 bits per heavy atom. The van der Waals surface area contributed by atoms with Crippen molar-refractivity contribution in [3.63, 3.8) is 0 Å². The molecule has 8 nitrogen and oxygen atoms in total. The van der Waals surface area contributed by atoms with Crippen LogP contribution in [0, 0.1) is 0 Å². The fourth-order valence-electron chi connectivity index (χ4n) is 2.50. The predicted octanol–water partition coefficient (Wildman–Crippen LogP) is -1.67. The molecule has 2 unspecified atom stereocenters. The zero-order valence-corrected chi connectivity index (χ0v) is 11.9. The number of nitrogens with zero attached hydrogens (tertiary/aromatic N) is 1. The molecule has 0 radical (unpaired) electrons. The Morgan fingerprint density at radius 2 is 2.05 bits per heavy atom. The highest BCUT2D eigenvalue weighted by Gasteiger charge is 2.38. The van der Waals surface area contributed by atoms with Gasteiger partial charge in [-0.05, 0) is 19.3 Å². The summed E-state index contributed by atoms with van der Waals surface area (Å²) in [6, 6.07) is -1.54. The van der Waals surface area contributed by atoms with Crippen LogP contribution >= 0.6 is 0 Å². The summed E-state index contributed by atoms with van der Waals surface area (Å²) in [5, 5.41) is 4.67. The van der Waals surface area contributed by atoms with E-state index in [0.717, 1.165) is 10.6 Å². The molecule has 0 spiro atoms. The molecule has 3 amide bonds. The third-order valence-corrected chi connectivity index (χ3v) is 4.78. The van der Waals surface area contributed by atoms with Crippen LogP contribution in [0.1, 0.15) is 25.7 Å². The van der Waals surface area contributed by atoms with Gasteiger partial charge in [-0.1, -0.05) is 0 Å². The Kier molecular flexibility index (Phi) is 4.09. The van der Waals surface area contributed by atoms with Crippen molar-refractivity contribution in [2.45, 2.75) is 37.8 Å². The molecule has 2 rings (SSSR count). The van der Waals surface area contributed by atoms with Gasteiger partial charge in [-0.25, -0.2) is 8.42 Å². The van der Waals surface area contributed by atoms with Crippen LogP contribution in [0.4, 0.5) is 0 Å². The van der Waals surface area contributed by atoms with Gasteiger partial charge in [0.25, 0.3) is 0 Å². The van der Waals surface area contributed by atoms with E-state index in [-0.39, 0.29) is 18.7 Å². The van der Waals surface area contributed by atoms with Gasteiger partial charge in [0, 0.05) is 13.0 Å². The molecule has 0 saturated carbocycles. The van der Waals surface area contributed by atoms with Crippen molar-refractivity contribution in [3.05, 3.63) is 0 Å². The third-order valence-electron chi connectivity index (χ3n) is 3.49. The number of carbonyl (C=O) groups is 3. The largest absolute Gasteiger partial charge is 0.343 e. The van der Waals surface area contributed by atoms with Gasteiger partial charge in [0.15, 0.2) is 0 Å². The first-order chi connectivity index (χ1) is 9.29. The van der Waals surface area contributed by atoms with E-state index >= 15 is 0 Å². The smallest absolute Gasteiger partial charge is 0.249 e. The van der Waals surface area contributed by atoms with E-state index in [2.05, 4.69) is 10.6 Å². The number of imide groups is 1. The maximum Gasteiger partial charge on any atom is 0.249 e. The number of nitrogens with one attached hydrogen (secondary N) is 2. The normalized spacial score (nSPS) is 28.2. The molecule has 2 aliphatic rings. The Hall–Kier alpha value is -1.48. The fourth-order valence-corrected chi connectivity index (χ4v) is 3.62. The monoisotopic (exact) mass is 303 g/mol. The highest BCUT2D eigenvalue weighted by Crippen LogP contribution is 2.20. The maximum absolute atomic E-state index is 12.1. The first-order valence-electron chi connectivity index (χ1n) is 6.40. The summed E-state index contributed by atoms with van der Waals surface area (Å²) < 4.78 is 24.3. The van der Waals surface area contributed by atoms with E-state index < -0.39 is 33.9 Å². The van der Waals surface area contributed by atoms with Gasteiger partial charge in [-0.15, -0.1) is 0 Å². The summed E-state index contributed by atoms with van der Waals surface area (Å²) >= 11 is 0. The highest BCUT2D eigenvalue weighted by molar-refractivity contribution is 7.88. The molecule has 2 aliphatic heterocycles. The topological polar surface area (TPSA) is 113 Å². The zero-order chi connectivity index (χ0) is 14.9. The standard InChI is InChI=1S/C11H17N3O5S/c1-20(18,19)14-6-2-3-8(14)11(17)12-7-4-5-9(15)13-10(7)16/h7-8H,2-6H2,1H3,(H,12,17)(H,13,15,16). The van der Waals surface area contributed by atoms with Crippen LogP contribution in [0.25, 0.3) is 0 Å². The van der Waals surface area contributed by atoms with Crippen LogP contribution in [0.3, 0.4) is 0 Å². The van der Waals surface area contributed by atoms with Gasteiger partial charge >= 0.3 is 0 Å². The Balaban J connectivity index is 2.01. The lowest BCUT2D eigenvalue weighted by molar-refractivity contribution is -0.137.